The highest BCUT2D eigenvalue weighted by Gasteiger charge is 2.01. The summed E-state index contributed by atoms with van der Waals surface area (Å²) >= 11 is 0. The molecule has 0 N–H and O–H groups in total. The number of hydrogen-bond acceptors (Lipinski definition) is 2. The number of rotatable bonds is 19. The van der Waals surface area contributed by atoms with E-state index in [2.05, 4.69) is 13.8 Å². The Balaban J connectivity index is 0.00000118. The van der Waals surface area contributed by atoms with Gasteiger partial charge in [-0.1, -0.05) is 147 Å². The lowest BCUT2D eigenvalue weighted by Crippen LogP contribution is -2.05. The summed E-state index contributed by atoms with van der Waals surface area (Å²) in [5, 5.41) is 0. The summed E-state index contributed by atoms with van der Waals surface area (Å²) in [6.45, 7) is 5.00. The SMILES string of the molecule is CCCCCCCCCCCCCCCCCC(=O)OCCCC.c1ccccc1. The van der Waals surface area contributed by atoms with E-state index >= 15 is 0 Å². The van der Waals surface area contributed by atoms with Crippen LogP contribution in [0.1, 0.15) is 129 Å². The van der Waals surface area contributed by atoms with Crippen molar-refractivity contribution in [3.8, 4) is 0 Å². The number of ether oxygens (including phenoxy) is 1. The van der Waals surface area contributed by atoms with Crippen molar-refractivity contribution in [3.05, 3.63) is 36.4 Å². The first kappa shape index (κ1) is 28.7. The zero-order chi connectivity index (χ0) is 22.0. The molecule has 2 nitrogen and oxygen atoms in total. The van der Waals surface area contributed by atoms with Crippen molar-refractivity contribution in [1.82, 2.24) is 0 Å². The maximum Gasteiger partial charge on any atom is 0.305 e. The van der Waals surface area contributed by atoms with Crippen molar-refractivity contribution in [2.45, 2.75) is 129 Å². The molecule has 0 heterocycles. The third-order valence-electron chi connectivity index (χ3n) is 5.41. The molecule has 0 saturated carbocycles. The van der Waals surface area contributed by atoms with E-state index in [0.717, 1.165) is 19.3 Å². The molecule has 0 spiro atoms. The van der Waals surface area contributed by atoms with Crippen LogP contribution in [0.25, 0.3) is 0 Å². The van der Waals surface area contributed by atoms with E-state index in [9.17, 15) is 4.79 Å². The topological polar surface area (TPSA) is 26.3 Å². The largest absolute Gasteiger partial charge is 0.466 e. The zero-order valence-electron chi connectivity index (χ0n) is 20.2. The fourth-order valence-corrected chi connectivity index (χ4v) is 3.43. The molecule has 0 fully saturated rings. The first-order chi connectivity index (χ1) is 14.8. The third-order valence-corrected chi connectivity index (χ3v) is 5.41. The summed E-state index contributed by atoms with van der Waals surface area (Å²) in [6, 6.07) is 12.0. The predicted octanol–water partition coefficient (Wildman–Crippen LogP) is 9.28. The van der Waals surface area contributed by atoms with E-state index in [1.807, 2.05) is 36.4 Å². The molecule has 0 aromatic heterocycles. The second kappa shape index (κ2) is 25.7. The van der Waals surface area contributed by atoms with Crippen LogP contribution in [-0.2, 0) is 9.53 Å². The lowest BCUT2D eigenvalue weighted by molar-refractivity contribution is -0.143. The highest BCUT2D eigenvalue weighted by molar-refractivity contribution is 5.69. The predicted molar refractivity (Wildman–Crippen MR) is 132 cm³/mol. The molecule has 0 bridgehead atoms. The second-order valence-corrected chi connectivity index (χ2v) is 8.43. The van der Waals surface area contributed by atoms with E-state index in [-0.39, 0.29) is 5.97 Å². The van der Waals surface area contributed by atoms with Crippen molar-refractivity contribution in [2.75, 3.05) is 6.61 Å². The molecular formula is C28H50O2. The van der Waals surface area contributed by atoms with Crippen molar-refractivity contribution < 1.29 is 9.53 Å². The van der Waals surface area contributed by atoms with Gasteiger partial charge >= 0.3 is 5.97 Å². The first-order valence-electron chi connectivity index (χ1n) is 13.0. The van der Waals surface area contributed by atoms with Gasteiger partial charge in [0.05, 0.1) is 6.61 Å². The Morgan fingerprint density at radius 1 is 0.500 bits per heavy atom. The Labute approximate surface area is 188 Å². The van der Waals surface area contributed by atoms with Crippen LogP contribution in [0.4, 0.5) is 0 Å². The van der Waals surface area contributed by atoms with Crippen LogP contribution in [0.2, 0.25) is 0 Å². The molecule has 2 heteroatoms. The summed E-state index contributed by atoms with van der Waals surface area (Å²) < 4.78 is 5.16. The Morgan fingerprint density at radius 3 is 1.20 bits per heavy atom. The average Bonchev–Trinajstić information content (AvgIpc) is 2.78. The van der Waals surface area contributed by atoms with Gasteiger partial charge in [0.2, 0.25) is 0 Å². The quantitative estimate of drug-likeness (QED) is 0.165. The average molecular weight is 419 g/mol. The van der Waals surface area contributed by atoms with Gasteiger partial charge in [0.1, 0.15) is 0 Å². The molecule has 1 rings (SSSR count). The summed E-state index contributed by atoms with van der Waals surface area (Å²) in [6.07, 6.45) is 23.1. The summed E-state index contributed by atoms with van der Waals surface area (Å²) in [7, 11) is 0. The number of carbonyl (C=O) groups is 1. The Hall–Kier alpha value is -1.31. The van der Waals surface area contributed by atoms with Gasteiger partial charge < -0.3 is 4.74 Å². The maximum atomic E-state index is 11.4. The molecule has 0 aliphatic heterocycles. The molecule has 0 amide bonds. The third kappa shape index (κ3) is 24.7. The Morgan fingerprint density at radius 2 is 0.833 bits per heavy atom. The van der Waals surface area contributed by atoms with Gasteiger partial charge in [0.15, 0.2) is 0 Å². The maximum absolute atomic E-state index is 11.4. The van der Waals surface area contributed by atoms with Gasteiger partial charge in [-0.15, -0.1) is 0 Å². The molecule has 0 aliphatic rings. The summed E-state index contributed by atoms with van der Waals surface area (Å²) in [5.74, 6) is -0.00172. The molecule has 0 atom stereocenters. The van der Waals surface area contributed by atoms with Crippen LogP contribution in [0.15, 0.2) is 36.4 Å². The fraction of sp³-hybridized carbons (Fsp3) is 0.750. The van der Waals surface area contributed by atoms with Crippen LogP contribution in [0.3, 0.4) is 0 Å². The molecule has 30 heavy (non-hydrogen) atoms. The van der Waals surface area contributed by atoms with E-state index in [1.54, 1.807) is 0 Å². The van der Waals surface area contributed by atoms with Crippen molar-refractivity contribution in [2.24, 2.45) is 0 Å². The van der Waals surface area contributed by atoms with Gasteiger partial charge in [-0.05, 0) is 12.8 Å². The summed E-state index contributed by atoms with van der Waals surface area (Å²) in [4.78, 5) is 11.4. The van der Waals surface area contributed by atoms with Gasteiger partial charge in [0.25, 0.3) is 0 Å². The fourth-order valence-electron chi connectivity index (χ4n) is 3.43. The van der Waals surface area contributed by atoms with Gasteiger partial charge in [0, 0.05) is 6.42 Å². The molecule has 174 valence electrons. The standard InChI is InChI=1S/C22H44O2.C6H6/c1-3-5-7-8-9-10-11-12-13-14-15-16-17-18-19-20-22(23)24-21-6-4-2;1-2-4-6-5-3-1/h3-21H2,1-2H3;1-6H. The van der Waals surface area contributed by atoms with Gasteiger partial charge in [-0.3, -0.25) is 4.79 Å². The van der Waals surface area contributed by atoms with E-state index in [0.29, 0.717) is 13.0 Å². The molecule has 1 aromatic rings. The van der Waals surface area contributed by atoms with Crippen LogP contribution in [0.5, 0.6) is 0 Å². The molecule has 0 unspecified atom stereocenters. The van der Waals surface area contributed by atoms with Gasteiger partial charge in [-0.2, -0.15) is 0 Å². The van der Waals surface area contributed by atoms with E-state index < -0.39 is 0 Å². The lowest BCUT2D eigenvalue weighted by atomic mass is 10.0. The lowest BCUT2D eigenvalue weighted by Gasteiger charge is -2.04. The van der Waals surface area contributed by atoms with Gasteiger partial charge in [-0.25, -0.2) is 0 Å². The Kier molecular flexibility index (Phi) is 24.6. The van der Waals surface area contributed by atoms with Crippen LogP contribution >= 0.6 is 0 Å². The molecular weight excluding hydrogens is 368 g/mol. The molecule has 0 saturated heterocycles. The Bertz CT molecular complexity index is 403. The number of hydrogen-bond donors (Lipinski definition) is 0. The zero-order valence-corrected chi connectivity index (χ0v) is 20.2. The number of carbonyl (C=O) groups excluding carboxylic acids is 1. The molecule has 1 aromatic carbocycles. The van der Waals surface area contributed by atoms with Crippen LogP contribution < -0.4 is 0 Å². The van der Waals surface area contributed by atoms with E-state index in [1.165, 1.54) is 89.9 Å². The van der Waals surface area contributed by atoms with Crippen LogP contribution in [0, 0.1) is 0 Å². The minimum atomic E-state index is -0.00172. The van der Waals surface area contributed by atoms with Crippen molar-refractivity contribution in [3.63, 3.8) is 0 Å². The number of esters is 1. The smallest absolute Gasteiger partial charge is 0.305 e. The number of unbranched alkanes of at least 4 members (excludes halogenated alkanes) is 15. The number of benzene rings is 1. The van der Waals surface area contributed by atoms with Crippen molar-refractivity contribution >= 4 is 5.97 Å². The van der Waals surface area contributed by atoms with E-state index in [4.69, 9.17) is 4.74 Å². The minimum Gasteiger partial charge on any atom is -0.466 e. The minimum absolute atomic E-state index is 0.00172. The first-order valence-corrected chi connectivity index (χ1v) is 13.0. The normalized spacial score (nSPS) is 10.3. The summed E-state index contributed by atoms with van der Waals surface area (Å²) in [5.41, 5.74) is 0. The molecule has 0 aliphatic carbocycles. The highest BCUT2D eigenvalue weighted by atomic mass is 16.5. The monoisotopic (exact) mass is 418 g/mol. The molecule has 0 radical (unpaired) electrons. The highest BCUT2D eigenvalue weighted by Crippen LogP contribution is 2.13. The van der Waals surface area contributed by atoms with Crippen molar-refractivity contribution in [1.29, 1.82) is 0 Å². The van der Waals surface area contributed by atoms with Crippen LogP contribution in [-0.4, -0.2) is 12.6 Å². The second-order valence-electron chi connectivity index (χ2n) is 8.43.